The maximum absolute atomic E-state index is 12.1. The van der Waals surface area contributed by atoms with Gasteiger partial charge in [-0.25, -0.2) is 0 Å². The van der Waals surface area contributed by atoms with Crippen molar-refractivity contribution in [2.75, 3.05) is 13.1 Å². The molecule has 96 valence electrons. The van der Waals surface area contributed by atoms with Crippen LogP contribution in [0, 0.1) is 13.8 Å². The SMILES string of the molecule is Cc1ccc(C)c(C(CN)NCC(F)(F)F)c1. The maximum atomic E-state index is 12.1. The molecule has 1 rings (SSSR count). The van der Waals surface area contributed by atoms with Crippen LogP contribution in [0.2, 0.25) is 0 Å². The Labute approximate surface area is 99.0 Å². The van der Waals surface area contributed by atoms with Crippen LogP contribution in [-0.2, 0) is 0 Å². The van der Waals surface area contributed by atoms with E-state index < -0.39 is 18.8 Å². The van der Waals surface area contributed by atoms with Gasteiger partial charge in [0, 0.05) is 12.6 Å². The minimum absolute atomic E-state index is 0.139. The van der Waals surface area contributed by atoms with E-state index in [1.54, 1.807) is 0 Å². The molecule has 5 heteroatoms. The van der Waals surface area contributed by atoms with Crippen molar-refractivity contribution in [1.82, 2.24) is 5.32 Å². The zero-order valence-corrected chi connectivity index (χ0v) is 9.93. The molecule has 0 spiro atoms. The summed E-state index contributed by atoms with van der Waals surface area (Å²) in [6.07, 6.45) is -4.22. The number of hydrogen-bond donors (Lipinski definition) is 2. The summed E-state index contributed by atoms with van der Waals surface area (Å²) >= 11 is 0. The van der Waals surface area contributed by atoms with Gasteiger partial charge < -0.3 is 11.1 Å². The zero-order chi connectivity index (χ0) is 13.1. The monoisotopic (exact) mass is 246 g/mol. The van der Waals surface area contributed by atoms with Crippen molar-refractivity contribution in [2.45, 2.75) is 26.1 Å². The Morgan fingerprint density at radius 3 is 2.47 bits per heavy atom. The van der Waals surface area contributed by atoms with Crippen LogP contribution in [0.15, 0.2) is 18.2 Å². The van der Waals surface area contributed by atoms with E-state index in [1.807, 2.05) is 32.0 Å². The normalized spacial score (nSPS) is 13.8. The fourth-order valence-corrected chi connectivity index (χ4v) is 1.69. The van der Waals surface area contributed by atoms with E-state index >= 15 is 0 Å². The number of rotatable bonds is 4. The van der Waals surface area contributed by atoms with Crippen LogP contribution in [0.25, 0.3) is 0 Å². The molecule has 1 atom stereocenters. The van der Waals surface area contributed by atoms with E-state index in [-0.39, 0.29) is 6.54 Å². The number of nitrogens with one attached hydrogen (secondary N) is 1. The van der Waals surface area contributed by atoms with Gasteiger partial charge >= 0.3 is 6.18 Å². The summed E-state index contributed by atoms with van der Waals surface area (Å²) in [5.74, 6) is 0. The van der Waals surface area contributed by atoms with Gasteiger partial charge in [0.15, 0.2) is 0 Å². The number of halogens is 3. The Hall–Kier alpha value is -1.07. The standard InChI is InChI=1S/C12H17F3N2/c1-8-3-4-9(2)10(5-8)11(6-16)17-7-12(13,14)15/h3-5,11,17H,6-7,16H2,1-2H3. The first-order valence-corrected chi connectivity index (χ1v) is 5.41. The Kier molecular flexibility index (Phi) is 4.54. The van der Waals surface area contributed by atoms with Gasteiger partial charge in [-0.3, -0.25) is 0 Å². The Bertz CT molecular complexity index is 375. The molecule has 2 nitrogen and oxygen atoms in total. The van der Waals surface area contributed by atoms with Crippen molar-refractivity contribution >= 4 is 0 Å². The summed E-state index contributed by atoms with van der Waals surface area (Å²) in [6.45, 7) is 2.88. The molecule has 0 radical (unpaired) electrons. The van der Waals surface area contributed by atoms with Crippen molar-refractivity contribution in [3.8, 4) is 0 Å². The quantitative estimate of drug-likeness (QED) is 0.856. The van der Waals surface area contributed by atoms with E-state index in [1.165, 1.54) is 0 Å². The van der Waals surface area contributed by atoms with Crippen LogP contribution in [0.1, 0.15) is 22.7 Å². The highest BCUT2D eigenvalue weighted by Crippen LogP contribution is 2.20. The Balaban J connectivity index is 2.82. The first-order chi connectivity index (χ1) is 7.83. The minimum atomic E-state index is -4.22. The van der Waals surface area contributed by atoms with Crippen LogP contribution in [-0.4, -0.2) is 19.3 Å². The molecule has 0 aliphatic rings. The summed E-state index contributed by atoms with van der Waals surface area (Å²) in [6, 6.07) is 5.23. The molecule has 0 aliphatic heterocycles. The predicted molar refractivity (Wildman–Crippen MR) is 61.8 cm³/mol. The van der Waals surface area contributed by atoms with Crippen molar-refractivity contribution in [3.63, 3.8) is 0 Å². The highest BCUT2D eigenvalue weighted by atomic mass is 19.4. The molecule has 1 unspecified atom stereocenters. The molecule has 0 fully saturated rings. The smallest absolute Gasteiger partial charge is 0.329 e. The lowest BCUT2D eigenvalue weighted by Gasteiger charge is -2.20. The van der Waals surface area contributed by atoms with E-state index in [9.17, 15) is 13.2 Å². The largest absolute Gasteiger partial charge is 0.401 e. The highest BCUT2D eigenvalue weighted by molar-refractivity contribution is 5.33. The van der Waals surface area contributed by atoms with Crippen molar-refractivity contribution in [2.24, 2.45) is 5.73 Å². The molecule has 0 heterocycles. The van der Waals surface area contributed by atoms with Gasteiger partial charge in [0.2, 0.25) is 0 Å². The third kappa shape index (κ3) is 4.36. The van der Waals surface area contributed by atoms with Gasteiger partial charge in [0.1, 0.15) is 0 Å². The first-order valence-electron chi connectivity index (χ1n) is 5.41. The number of alkyl halides is 3. The van der Waals surface area contributed by atoms with Crippen LogP contribution in [0.4, 0.5) is 13.2 Å². The van der Waals surface area contributed by atoms with Crippen LogP contribution in [0.3, 0.4) is 0 Å². The molecule has 3 N–H and O–H groups in total. The third-order valence-electron chi connectivity index (χ3n) is 2.59. The Morgan fingerprint density at radius 2 is 1.94 bits per heavy atom. The lowest BCUT2D eigenvalue weighted by Crippen LogP contribution is -2.36. The molecular weight excluding hydrogens is 229 g/mol. The molecular formula is C12H17F3N2. The number of benzene rings is 1. The molecule has 0 aromatic heterocycles. The summed E-state index contributed by atoms with van der Waals surface area (Å²) in [5.41, 5.74) is 8.31. The van der Waals surface area contributed by atoms with Gasteiger partial charge in [-0.15, -0.1) is 0 Å². The summed E-state index contributed by atoms with van der Waals surface area (Å²) in [4.78, 5) is 0. The molecule has 0 aliphatic carbocycles. The van der Waals surface area contributed by atoms with Crippen molar-refractivity contribution < 1.29 is 13.2 Å². The lowest BCUT2D eigenvalue weighted by molar-refractivity contribution is -0.126. The number of aryl methyl sites for hydroxylation is 2. The van der Waals surface area contributed by atoms with Gasteiger partial charge in [-0.1, -0.05) is 23.8 Å². The van der Waals surface area contributed by atoms with Gasteiger partial charge in [0.05, 0.1) is 6.54 Å². The molecule has 1 aromatic carbocycles. The minimum Gasteiger partial charge on any atom is -0.329 e. The molecule has 0 amide bonds. The highest BCUT2D eigenvalue weighted by Gasteiger charge is 2.28. The fourth-order valence-electron chi connectivity index (χ4n) is 1.69. The van der Waals surface area contributed by atoms with Crippen LogP contribution < -0.4 is 11.1 Å². The second-order valence-corrected chi connectivity index (χ2v) is 4.14. The van der Waals surface area contributed by atoms with Gasteiger partial charge in [0.25, 0.3) is 0 Å². The molecule has 0 saturated heterocycles. The van der Waals surface area contributed by atoms with E-state index in [0.717, 1.165) is 16.7 Å². The van der Waals surface area contributed by atoms with Crippen molar-refractivity contribution in [3.05, 3.63) is 34.9 Å². The summed E-state index contributed by atoms with van der Waals surface area (Å²) in [7, 11) is 0. The van der Waals surface area contributed by atoms with Crippen molar-refractivity contribution in [1.29, 1.82) is 0 Å². The lowest BCUT2D eigenvalue weighted by atomic mass is 9.99. The first kappa shape index (κ1) is 14.0. The zero-order valence-electron chi connectivity index (χ0n) is 9.93. The molecule has 1 aromatic rings. The number of hydrogen-bond acceptors (Lipinski definition) is 2. The summed E-state index contributed by atoms with van der Waals surface area (Å²) < 4.78 is 36.4. The predicted octanol–water partition coefficient (Wildman–Crippen LogP) is 2.46. The van der Waals surface area contributed by atoms with Crippen LogP contribution >= 0.6 is 0 Å². The van der Waals surface area contributed by atoms with E-state index in [2.05, 4.69) is 5.32 Å². The third-order valence-corrected chi connectivity index (χ3v) is 2.59. The topological polar surface area (TPSA) is 38.0 Å². The fraction of sp³-hybridized carbons (Fsp3) is 0.500. The maximum Gasteiger partial charge on any atom is 0.401 e. The van der Waals surface area contributed by atoms with E-state index in [4.69, 9.17) is 5.73 Å². The van der Waals surface area contributed by atoms with Crippen LogP contribution in [0.5, 0.6) is 0 Å². The second kappa shape index (κ2) is 5.51. The van der Waals surface area contributed by atoms with E-state index in [0.29, 0.717) is 0 Å². The van der Waals surface area contributed by atoms with Gasteiger partial charge in [-0.05, 0) is 25.0 Å². The molecule has 17 heavy (non-hydrogen) atoms. The average Bonchev–Trinajstić information content (AvgIpc) is 2.22. The summed E-state index contributed by atoms with van der Waals surface area (Å²) in [5, 5.41) is 2.44. The van der Waals surface area contributed by atoms with Gasteiger partial charge in [-0.2, -0.15) is 13.2 Å². The molecule has 0 saturated carbocycles. The Morgan fingerprint density at radius 1 is 1.29 bits per heavy atom. The average molecular weight is 246 g/mol. The molecule has 0 bridgehead atoms. The second-order valence-electron chi connectivity index (χ2n) is 4.14. The number of nitrogens with two attached hydrogens (primary N) is 1.